The van der Waals surface area contributed by atoms with Crippen molar-refractivity contribution in [1.82, 2.24) is 0 Å². The minimum atomic E-state index is -0.895. The lowest BCUT2D eigenvalue weighted by atomic mass is 10.1. The van der Waals surface area contributed by atoms with Crippen molar-refractivity contribution in [3.63, 3.8) is 0 Å². The van der Waals surface area contributed by atoms with Crippen LogP contribution in [0.2, 0.25) is 0 Å². The number of hydrogen-bond acceptors (Lipinski definition) is 6. The predicted molar refractivity (Wildman–Crippen MR) is 206 cm³/mol. The number of quaternary nitrogens is 1. The van der Waals surface area contributed by atoms with Gasteiger partial charge in [0, 0.05) is 19.3 Å². The van der Waals surface area contributed by atoms with Crippen LogP contribution < -0.4 is 0 Å². The highest BCUT2D eigenvalue weighted by molar-refractivity contribution is 5.72. The second kappa shape index (κ2) is 32.5. The summed E-state index contributed by atoms with van der Waals surface area (Å²) in [7, 11) is 5.47. The quantitative estimate of drug-likeness (QED) is 0.0346. The molecule has 50 heavy (non-hydrogen) atoms. The lowest BCUT2D eigenvalue weighted by Gasteiger charge is -2.31. The molecule has 0 radical (unpaired) electrons. The summed E-state index contributed by atoms with van der Waals surface area (Å²) in [6.07, 6.45) is 41.8. The molecule has 0 spiro atoms. The molecule has 2 atom stereocenters. The molecule has 0 aromatic carbocycles. The van der Waals surface area contributed by atoms with Gasteiger partial charge in [-0.2, -0.15) is 0 Å². The van der Waals surface area contributed by atoms with Crippen LogP contribution in [0.3, 0.4) is 0 Å². The third kappa shape index (κ3) is 30.3. The summed E-state index contributed by atoms with van der Waals surface area (Å²) in [5.74, 6) is -1.61. The van der Waals surface area contributed by atoms with E-state index in [1.165, 1.54) is 0 Å². The van der Waals surface area contributed by atoms with Crippen molar-refractivity contribution in [2.45, 2.75) is 109 Å². The van der Waals surface area contributed by atoms with Crippen molar-refractivity contribution in [3.8, 4) is 0 Å². The molecule has 0 bridgehead atoms. The maximum absolute atomic E-state index is 12.6. The van der Waals surface area contributed by atoms with E-state index in [4.69, 9.17) is 14.2 Å². The number of likely N-dealkylation sites (N-methyl/N-ethyl adjacent to an activating group) is 1. The van der Waals surface area contributed by atoms with Gasteiger partial charge in [-0.05, 0) is 44.9 Å². The van der Waals surface area contributed by atoms with Crippen molar-refractivity contribution < 1.29 is 38.2 Å². The molecule has 0 aliphatic rings. The van der Waals surface area contributed by atoms with Crippen molar-refractivity contribution in [2.75, 3.05) is 41.0 Å². The van der Waals surface area contributed by atoms with Crippen LogP contribution in [0.4, 0.5) is 0 Å². The number of nitrogens with zero attached hydrogens (tertiary/aromatic N) is 1. The normalized spacial score (nSPS) is 14.2. The number of unbranched alkanes of at least 4 members (excludes halogenated alkanes) is 6. The fourth-order valence-electron chi connectivity index (χ4n) is 4.59. The van der Waals surface area contributed by atoms with E-state index in [-0.39, 0.29) is 49.1 Å². The standard InChI is InChI=1S/C42H65NO7/c1-6-8-10-12-14-16-18-20-22-24-26-28-30-32-40(44)49-37-38(36-48-35-34-39(42(46)47)43(3,4)5)50-41(45)33-31-29-27-25-23-21-19-17-15-13-11-9-7-2/h8-20,22,24,26,38-39H,6-7,21,23,25,27-37H2,1-5H3/p+1/b10-8+,11-9+,14-12+,15-13+,18-16+,19-17+,22-20+,26-24+. The van der Waals surface area contributed by atoms with Crippen LogP contribution in [-0.4, -0.2) is 80.6 Å². The molecule has 8 heteroatoms. The van der Waals surface area contributed by atoms with Gasteiger partial charge < -0.3 is 23.8 Å². The lowest BCUT2D eigenvalue weighted by molar-refractivity contribution is -0.887. The van der Waals surface area contributed by atoms with Crippen molar-refractivity contribution in [3.05, 3.63) is 97.2 Å². The molecule has 0 saturated heterocycles. The Labute approximate surface area is 303 Å². The van der Waals surface area contributed by atoms with Gasteiger partial charge in [0.15, 0.2) is 12.1 Å². The summed E-state index contributed by atoms with van der Waals surface area (Å²) in [6, 6.07) is -0.634. The molecule has 0 rings (SSSR count). The zero-order chi connectivity index (χ0) is 37.1. The minimum Gasteiger partial charge on any atom is -0.477 e. The Bertz CT molecular complexity index is 1140. The molecule has 8 nitrogen and oxygen atoms in total. The highest BCUT2D eigenvalue weighted by atomic mass is 16.6. The number of carbonyl (C=O) groups is 3. The van der Waals surface area contributed by atoms with Gasteiger partial charge >= 0.3 is 17.9 Å². The van der Waals surface area contributed by atoms with Crippen LogP contribution in [0.5, 0.6) is 0 Å². The van der Waals surface area contributed by atoms with Crippen LogP contribution in [0.25, 0.3) is 0 Å². The highest BCUT2D eigenvalue weighted by Crippen LogP contribution is 2.11. The summed E-state index contributed by atoms with van der Waals surface area (Å²) in [5.41, 5.74) is 0. The summed E-state index contributed by atoms with van der Waals surface area (Å²) in [6.45, 7) is 4.31. The summed E-state index contributed by atoms with van der Waals surface area (Å²) >= 11 is 0. The van der Waals surface area contributed by atoms with Crippen LogP contribution in [0.1, 0.15) is 97.3 Å². The first-order chi connectivity index (χ1) is 24.1. The Kier molecular flexibility index (Phi) is 30.0. The SMILES string of the molecule is CC/C=C/C=C/C=C/C=C/C=C/CCCC(=O)OCC(COCCC(C(=O)O)[N+](C)(C)C)OC(=O)CCCCCCC/C=C/C=C/C=C/CC. The van der Waals surface area contributed by atoms with E-state index in [0.29, 0.717) is 12.8 Å². The molecule has 0 amide bonds. The number of carboxylic acid groups (broad SMARTS) is 1. The first-order valence-corrected chi connectivity index (χ1v) is 18.4. The second-order valence-electron chi connectivity index (χ2n) is 12.9. The maximum Gasteiger partial charge on any atom is 0.362 e. The number of carbonyl (C=O) groups excluding carboxylic acids is 2. The molecule has 2 unspecified atom stereocenters. The number of carboxylic acids is 1. The molecule has 0 aromatic rings. The van der Waals surface area contributed by atoms with Crippen LogP contribution in [0, 0.1) is 0 Å². The Morgan fingerprint density at radius 3 is 1.62 bits per heavy atom. The fourth-order valence-corrected chi connectivity index (χ4v) is 4.59. The van der Waals surface area contributed by atoms with E-state index in [2.05, 4.69) is 44.2 Å². The van der Waals surface area contributed by atoms with Gasteiger partial charge in [-0.3, -0.25) is 9.59 Å². The number of rotatable bonds is 30. The second-order valence-corrected chi connectivity index (χ2v) is 12.9. The van der Waals surface area contributed by atoms with Gasteiger partial charge in [0.05, 0.1) is 34.4 Å². The first-order valence-electron chi connectivity index (χ1n) is 18.4. The molecule has 0 fully saturated rings. The topological polar surface area (TPSA) is 99.1 Å². The zero-order valence-electron chi connectivity index (χ0n) is 31.5. The number of aliphatic carboxylic acids is 1. The largest absolute Gasteiger partial charge is 0.477 e. The Morgan fingerprint density at radius 1 is 0.600 bits per heavy atom. The zero-order valence-corrected chi connectivity index (χ0v) is 31.5. The van der Waals surface area contributed by atoms with E-state index >= 15 is 0 Å². The van der Waals surface area contributed by atoms with Gasteiger partial charge in [0.2, 0.25) is 0 Å². The Hall–Kier alpha value is -3.75. The molecule has 280 valence electrons. The third-order valence-corrected chi connectivity index (χ3v) is 7.42. The first kappa shape index (κ1) is 46.2. The Morgan fingerprint density at radius 2 is 1.08 bits per heavy atom. The van der Waals surface area contributed by atoms with E-state index in [9.17, 15) is 19.5 Å². The predicted octanol–water partition coefficient (Wildman–Crippen LogP) is 9.18. The average Bonchev–Trinajstić information content (AvgIpc) is 3.06. The van der Waals surface area contributed by atoms with Crippen molar-refractivity contribution >= 4 is 17.9 Å². The van der Waals surface area contributed by atoms with Gasteiger partial charge in [0.25, 0.3) is 0 Å². The van der Waals surface area contributed by atoms with Crippen molar-refractivity contribution in [1.29, 1.82) is 0 Å². The summed E-state index contributed by atoms with van der Waals surface area (Å²) < 4.78 is 17.1. The van der Waals surface area contributed by atoms with Gasteiger partial charge in [0.1, 0.15) is 6.61 Å². The number of ether oxygens (including phenoxy) is 3. The van der Waals surface area contributed by atoms with E-state index < -0.39 is 18.1 Å². The number of allylic oxidation sites excluding steroid dienone is 16. The third-order valence-electron chi connectivity index (χ3n) is 7.42. The molecule has 0 aliphatic heterocycles. The molecule has 0 aromatic heterocycles. The minimum absolute atomic E-state index is 0.0227. The molecular formula is C42H66NO7+. The highest BCUT2D eigenvalue weighted by Gasteiger charge is 2.31. The van der Waals surface area contributed by atoms with E-state index in [1.54, 1.807) is 0 Å². The molecule has 0 heterocycles. The lowest BCUT2D eigenvalue weighted by Crippen LogP contribution is -2.50. The summed E-state index contributed by atoms with van der Waals surface area (Å²) in [5, 5.41) is 9.57. The molecule has 0 aliphatic carbocycles. The van der Waals surface area contributed by atoms with Gasteiger partial charge in [-0.1, -0.05) is 130 Å². The van der Waals surface area contributed by atoms with E-state index in [0.717, 1.165) is 57.8 Å². The smallest absolute Gasteiger partial charge is 0.362 e. The van der Waals surface area contributed by atoms with Crippen LogP contribution in [0.15, 0.2) is 97.2 Å². The van der Waals surface area contributed by atoms with E-state index in [1.807, 2.05) is 88.0 Å². The molecule has 1 N–H and O–H groups in total. The van der Waals surface area contributed by atoms with Crippen molar-refractivity contribution in [2.24, 2.45) is 0 Å². The maximum atomic E-state index is 12.6. The monoisotopic (exact) mass is 696 g/mol. The van der Waals surface area contributed by atoms with Crippen LogP contribution in [-0.2, 0) is 28.6 Å². The van der Waals surface area contributed by atoms with Crippen LogP contribution >= 0.6 is 0 Å². The Balaban J connectivity index is 4.63. The van der Waals surface area contributed by atoms with Gasteiger partial charge in [-0.25, -0.2) is 4.79 Å². The fraction of sp³-hybridized carbons (Fsp3) is 0.548. The molecule has 0 saturated carbocycles. The molecular weight excluding hydrogens is 630 g/mol. The number of esters is 2. The van der Waals surface area contributed by atoms with Gasteiger partial charge in [-0.15, -0.1) is 0 Å². The average molecular weight is 697 g/mol. The number of hydrogen-bond donors (Lipinski definition) is 1. The summed E-state index contributed by atoms with van der Waals surface area (Å²) in [4.78, 5) is 36.7.